The molecule has 0 aromatic heterocycles. The number of alkyl halides is 1. The summed E-state index contributed by atoms with van der Waals surface area (Å²) < 4.78 is 0. The third-order valence-corrected chi connectivity index (χ3v) is 4.18. The Labute approximate surface area is 82.1 Å². The zero-order valence-corrected chi connectivity index (χ0v) is 9.06. The van der Waals surface area contributed by atoms with Gasteiger partial charge in [-0.15, -0.1) is 0 Å². The van der Waals surface area contributed by atoms with E-state index < -0.39 is 0 Å². The van der Waals surface area contributed by atoms with E-state index in [4.69, 9.17) is 0 Å². The van der Waals surface area contributed by atoms with Crippen molar-refractivity contribution in [3.05, 3.63) is 35.4 Å². The van der Waals surface area contributed by atoms with Gasteiger partial charge in [0.15, 0.2) is 0 Å². The molecule has 0 heterocycles. The minimum absolute atomic E-state index is 0.410. The Morgan fingerprint density at radius 1 is 1.33 bits per heavy atom. The number of hydrogen-bond donors (Lipinski definition) is 0. The van der Waals surface area contributed by atoms with Gasteiger partial charge in [0.2, 0.25) is 0 Å². The molecule has 64 valence electrons. The number of benzene rings is 1. The van der Waals surface area contributed by atoms with Crippen molar-refractivity contribution < 1.29 is 0 Å². The van der Waals surface area contributed by atoms with E-state index in [1.165, 1.54) is 17.5 Å². The van der Waals surface area contributed by atoms with Crippen LogP contribution in [0.15, 0.2) is 24.3 Å². The minimum Gasteiger partial charge on any atom is -0.0881 e. The molecule has 0 bridgehead atoms. The Balaban J connectivity index is 2.31. The van der Waals surface area contributed by atoms with Crippen LogP contribution < -0.4 is 0 Å². The Morgan fingerprint density at radius 2 is 1.83 bits per heavy atom. The highest BCUT2D eigenvalue weighted by molar-refractivity contribution is 9.09. The molecule has 1 aromatic rings. The van der Waals surface area contributed by atoms with Crippen LogP contribution in [0, 0.1) is 6.92 Å². The molecule has 1 fully saturated rings. The first-order chi connectivity index (χ1) is 5.63. The summed E-state index contributed by atoms with van der Waals surface area (Å²) >= 11 is 3.66. The van der Waals surface area contributed by atoms with Crippen molar-refractivity contribution in [2.45, 2.75) is 30.5 Å². The van der Waals surface area contributed by atoms with E-state index in [2.05, 4.69) is 54.0 Å². The molecule has 1 saturated carbocycles. The minimum atomic E-state index is 0.410. The summed E-state index contributed by atoms with van der Waals surface area (Å²) in [5.74, 6) is 0. The van der Waals surface area contributed by atoms with Gasteiger partial charge in [0.25, 0.3) is 0 Å². The fraction of sp³-hybridized carbons (Fsp3) is 0.455. The van der Waals surface area contributed by atoms with Gasteiger partial charge in [0.05, 0.1) is 0 Å². The maximum atomic E-state index is 3.66. The van der Waals surface area contributed by atoms with Gasteiger partial charge >= 0.3 is 0 Å². The predicted octanol–water partition coefficient (Wildman–Crippen LogP) is 3.42. The Kier molecular flexibility index (Phi) is 1.80. The monoisotopic (exact) mass is 224 g/mol. The summed E-state index contributed by atoms with van der Waals surface area (Å²) in [6.07, 6.45) is 1.27. The van der Waals surface area contributed by atoms with Crippen LogP contribution in [0.3, 0.4) is 0 Å². The maximum absolute atomic E-state index is 3.66. The van der Waals surface area contributed by atoms with Crippen LogP contribution in [0.4, 0.5) is 0 Å². The molecule has 1 aliphatic carbocycles. The summed E-state index contributed by atoms with van der Waals surface area (Å²) in [5, 5.41) is 0. The fourth-order valence-corrected chi connectivity index (χ4v) is 2.48. The second-order valence-electron chi connectivity index (χ2n) is 3.96. The van der Waals surface area contributed by atoms with Gasteiger partial charge in [0, 0.05) is 10.2 Å². The van der Waals surface area contributed by atoms with Crippen LogP contribution >= 0.6 is 15.9 Å². The Bertz CT molecular complexity index is 288. The Hall–Kier alpha value is -0.300. The highest BCUT2D eigenvalue weighted by Gasteiger charge is 2.49. The van der Waals surface area contributed by atoms with Crippen molar-refractivity contribution in [2.75, 3.05) is 0 Å². The molecule has 0 nitrogen and oxygen atoms in total. The van der Waals surface area contributed by atoms with Crippen LogP contribution in [0.1, 0.15) is 24.5 Å². The van der Waals surface area contributed by atoms with E-state index in [1.54, 1.807) is 0 Å². The number of hydrogen-bond acceptors (Lipinski definition) is 0. The second kappa shape index (κ2) is 2.59. The van der Waals surface area contributed by atoms with Crippen LogP contribution in [0.5, 0.6) is 0 Å². The number of rotatable bonds is 1. The highest BCUT2D eigenvalue weighted by Crippen LogP contribution is 2.52. The van der Waals surface area contributed by atoms with Gasteiger partial charge in [-0.1, -0.05) is 52.7 Å². The molecule has 2 atom stereocenters. The zero-order valence-electron chi connectivity index (χ0n) is 7.47. The van der Waals surface area contributed by atoms with Crippen LogP contribution in [0.25, 0.3) is 0 Å². The lowest BCUT2D eigenvalue weighted by Crippen LogP contribution is -2.03. The largest absolute Gasteiger partial charge is 0.0881 e. The van der Waals surface area contributed by atoms with E-state index in [0.29, 0.717) is 10.2 Å². The van der Waals surface area contributed by atoms with Gasteiger partial charge in [-0.25, -0.2) is 0 Å². The number of aryl methyl sites for hydroxylation is 1. The van der Waals surface area contributed by atoms with Crippen molar-refractivity contribution in [3.8, 4) is 0 Å². The SMILES string of the molecule is Cc1ccc(C2(C)CC2Br)cc1. The molecular formula is C11H13Br. The van der Waals surface area contributed by atoms with E-state index in [9.17, 15) is 0 Å². The third kappa shape index (κ3) is 1.20. The molecule has 0 spiro atoms. The van der Waals surface area contributed by atoms with Crippen molar-refractivity contribution in [1.82, 2.24) is 0 Å². The quantitative estimate of drug-likeness (QED) is 0.642. The smallest absolute Gasteiger partial charge is 0.0249 e. The molecule has 1 aliphatic rings. The lowest BCUT2D eigenvalue weighted by molar-refractivity contribution is 0.794. The summed E-state index contributed by atoms with van der Waals surface area (Å²) in [6.45, 7) is 4.45. The lowest BCUT2D eigenvalue weighted by atomic mass is 9.98. The third-order valence-electron chi connectivity index (χ3n) is 2.85. The molecule has 2 rings (SSSR count). The first-order valence-electron chi connectivity index (χ1n) is 4.34. The van der Waals surface area contributed by atoms with Crippen LogP contribution in [-0.4, -0.2) is 4.83 Å². The van der Waals surface area contributed by atoms with E-state index >= 15 is 0 Å². The van der Waals surface area contributed by atoms with Gasteiger partial charge < -0.3 is 0 Å². The van der Waals surface area contributed by atoms with Gasteiger partial charge in [-0.05, 0) is 18.9 Å². The molecule has 0 saturated heterocycles. The summed E-state index contributed by atoms with van der Waals surface area (Å²) in [4.78, 5) is 0.688. The molecule has 0 N–H and O–H groups in total. The molecule has 2 unspecified atom stereocenters. The molecule has 1 aromatic carbocycles. The van der Waals surface area contributed by atoms with Crippen molar-refractivity contribution in [1.29, 1.82) is 0 Å². The van der Waals surface area contributed by atoms with Crippen LogP contribution in [0.2, 0.25) is 0 Å². The molecule has 12 heavy (non-hydrogen) atoms. The average Bonchev–Trinajstić information content (AvgIpc) is 2.62. The van der Waals surface area contributed by atoms with E-state index in [0.717, 1.165) is 0 Å². The molecule has 0 aliphatic heterocycles. The first-order valence-corrected chi connectivity index (χ1v) is 5.26. The normalized spacial score (nSPS) is 33.4. The summed E-state index contributed by atoms with van der Waals surface area (Å²) in [6, 6.07) is 8.88. The summed E-state index contributed by atoms with van der Waals surface area (Å²) in [5.41, 5.74) is 3.22. The average molecular weight is 225 g/mol. The van der Waals surface area contributed by atoms with Crippen molar-refractivity contribution >= 4 is 15.9 Å². The van der Waals surface area contributed by atoms with Crippen LogP contribution in [-0.2, 0) is 5.41 Å². The molecule has 0 radical (unpaired) electrons. The van der Waals surface area contributed by atoms with Crippen molar-refractivity contribution in [3.63, 3.8) is 0 Å². The highest BCUT2D eigenvalue weighted by atomic mass is 79.9. The van der Waals surface area contributed by atoms with Crippen molar-refractivity contribution in [2.24, 2.45) is 0 Å². The standard InChI is InChI=1S/C11H13Br/c1-8-3-5-9(6-4-8)11(2)7-10(11)12/h3-6,10H,7H2,1-2H3. The van der Waals surface area contributed by atoms with Gasteiger partial charge in [-0.2, -0.15) is 0 Å². The van der Waals surface area contributed by atoms with Gasteiger partial charge in [0.1, 0.15) is 0 Å². The topological polar surface area (TPSA) is 0 Å². The predicted molar refractivity (Wildman–Crippen MR) is 55.9 cm³/mol. The maximum Gasteiger partial charge on any atom is 0.0249 e. The fourth-order valence-electron chi connectivity index (χ4n) is 1.55. The lowest BCUT2D eigenvalue weighted by Gasteiger charge is -2.09. The Morgan fingerprint density at radius 3 is 2.25 bits per heavy atom. The van der Waals surface area contributed by atoms with Gasteiger partial charge in [-0.3, -0.25) is 0 Å². The molecular weight excluding hydrogens is 212 g/mol. The second-order valence-corrected chi connectivity index (χ2v) is 5.06. The number of halogens is 1. The van der Waals surface area contributed by atoms with E-state index in [-0.39, 0.29) is 0 Å². The summed E-state index contributed by atoms with van der Waals surface area (Å²) in [7, 11) is 0. The molecule has 0 amide bonds. The zero-order chi connectivity index (χ0) is 8.77. The van der Waals surface area contributed by atoms with E-state index in [1.807, 2.05) is 0 Å². The molecule has 1 heteroatoms. The first kappa shape index (κ1) is 8.31.